The summed E-state index contributed by atoms with van der Waals surface area (Å²) < 4.78 is 28.0. The van der Waals surface area contributed by atoms with Gasteiger partial charge in [0, 0.05) is 6.20 Å². The van der Waals surface area contributed by atoms with Crippen molar-refractivity contribution in [2.75, 3.05) is 23.6 Å². The number of nitrogens with one attached hydrogen (secondary N) is 2. The summed E-state index contributed by atoms with van der Waals surface area (Å²) in [5.74, 6) is 0.169. The van der Waals surface area contributed by atoms with E-state index in [0.717, 1.165) is 32.4 Å². The van der Waals surface area contributed by atoms with Gasteiger partial charge in [0.25, 0.3) is 0 Å². The molecule has 0 atom stereocenters. The van der Waals surface area contributed by atoms with Crippen molar-refractivity contribution in [3.63, 3.8) is 0 Å². The number of rotatable bonds is 6. The summed E-state index contributed by atoms with van der Waals surface area (Å²) in [6, 6.07) is 0.371. The van der Waals surface area contributed by atoms with Crippen molar-refractivity contribution in [2.24, 2.45) is 0 Å². The van der Waals surface area contributed by atoms with E-state index in [2.05, 4.69) is 15.1 Å². The maximum Gasteiger partial charge on any atom is 0.232 e. The van der Waals surface area contributed by atoms with Gasteiger partial charge in [0.2, 0.25) is 10.0 Å². The van der Waals surface area contributed by atoms with Crippen LogP contribution in [0, 0.1) is 0 Å². The minimum atomic E-state index is -3.23. The number of hydrogen-bond acceptors (Lipinski definition) is 4. The highest BCUT2D eigenvalue weighted by Crippen LogP contribution is 2.20. The largest absolute Gasteiger partial charge is 0.317 e. The second kappa shape index (κ2) is 6.38. The molecule has 2 N–H and O–H groups in total. The molecular weight excluding hydrogens is 264 g/mol. The fourth-order valence-corrected chi connectivity index (χ4v) is 3.46. The highest BCUT2D eigenvalue weighted by Gasteiger charge is 2.17. The molecular formula is C12H22N4O2S. The lowest BCUT2D eigenvalue weighted by molar-refractivity contribution is 0.343. The third kappa shape index (κ3) is 4.21. The number of unbranched alkanes of at least 4 members (excludes halogenated alkanes) is 1. The standard InChI is InChI=1S/C12H22N4O2S/c1-2-3-8-19(17,18)15-11-9-14-16(10-11)12-4-6-13-7-5-12/h9-10,12-13,15H,2-8H2,1H3. The Morgan fingerprint density at radius 1 is 1.47 bits per heavy atom. The van der Waals surface area contributed by atoms with E-state index < -0.39 is 10.0 Å². The molecule has 0 saturated carbocycles. The van der Waals surface area contributed by atoms with Gasteiger partial charge in [0.05, 0.1) is 23.7 Å². The molecule has 1 aliphatic heterocycles. The zero-order valence-corrected chi connectivity index (χ0v) is 12.1. The van der Waals surface area contributed by atoms with E-state index in [4.69, 9.17) is 0 Å². The average molecular weight is 286 g/mol. The van der Waals surface area contributed by atoms with E-state index in [0.29, 0.717) is 18.2 Å². The molecule has 0 aliphatic carbocycles. The molecule has 2 heterocycles. The predicted molar refractivity (Wildman–Crippen MR) is 75.7 cm³/mol. The first-order valence-corrected chi connectivity index (χ1v) is 8.51. The van der Waals surface area contributed by atoms with Crippen LogP contribution in [0.25, 0.3) is 0 Å². The molecule has 1 aromatic heterocycles. The van der Waals surface area contributed by atoms with E-state index in [9.17, 15) is 8.42 Å². The molecule has 0 unspecified atom stereocenters. The molecule has 0 aromatic carbocycles. The summed E-state index contributed by atoms with van der Waals surface area (Å²) in [5, 5.41) is 7.57. The summed E-state index contributed by atoms with van der Waals surface area (Å²) in [6.45, 7) is 3.95. The first-order valence-electron chi connectivity index (χ1n) is 6.86. The second-order valence-electron chi connectivity index (χ2n) is 4.96. The van der Waals surface area contributed by atoms with Crippen molar-refractivity contribution in [3.8, 4) is 0 Å². The highest BCUT2D eigenvalue weighted by molar-refractivity contribution is 7.92. The minimum absolute atomic E-state index is 0.169. The molecule has 0 spiro atoms. The van der Waals surface area contributed by atoms with E-state index in [1.165, 1.54) is 0 Å². The van der Waals surface area contributed by atoms with Crippen molar-refractivity contribution >= 4 is 15.7 Å². The van der Waals surface area contributed by atoms with Crippen LogP contribution in [0.2, 0.25) is 0 Å². The van der Waals surface area contributed by atoms with E-state index in [1.54, 1.807) is 12.4 Å². The SMILES string of the molecule is CCCCS(=O)(=O)Nc1cnn(C2CCNCC2)c1. The number of sulfonamides is 1. The molecule has 1 saturated heterocycles. The van der Waals surface area contributed by atoms with Crippen LogP contribution in [0.3, 0.4) is 0 Å². The number of aromatic nitrogens is 2. The van der Waals surface area contributed by atoms with Crippen LogP contribution < -0.4 is 10.0 Å². The zero-order chi connectivity index (χ0) is 13.7. The van der Waals surface area contributed by atoms with Gasteiger partial charge in [0.15, 0.2) is 0 Å². The smallest absolute Gasteiger partial charge is 0.232 e. The van der Waals surface area contributed by atoms with Crippen LogP contribution >= 0.6 is 0 Å². The van der Waals surface area contributed by atoms with Gasteiger partial charge >= 0.3 is 0 Å². The normalized spacial score (nSPS) is 17.5. The fourth-order valence-electron chi connectivity index (χ4n) is 2.23. The summed E-state index contributed by atoms with van der Waals surface area (Å²) >= 11 is 0. The Morgan fingerprint density at radius 3 is 2.89 bits per heavy atom. The van der Waals surface area contributed by atoms with Crippen molar-refractivity contribution in [2.45, 2.75) is 38.6 Å². The summed E-state index contributed by atoms with van der Waals surface area (Å²) in [4.78, 5) is 0. The van der Waals surface area contributed by atoms with Gasteiger partial charge in [-0.3, -0.25) is 9.40 Å². The number of piperidine rings is 1. The van der Waals surface area contributed by atoms with Gasteiger partial charge in [-0.25, -0.2) is 8.42 Å². The number of anilines is 1. The van der Waals surface area contributed by atoms with Crippen molar-refractivity contribution in [3.05, 3.63) is 12.4 Å². The third-order valence-corrected chi connectivity index (χ3v) is 4.70. The molecule has 6 nitrogen and oxygen atoms in total. The molecule has 0 radical (unpaired) electrons. The minimum Gasteiger partial charge on any atom is -0.317 e. The van der Waals surface area contributed by atoms with Crippen molar-refractivity contribution in [1.82, 2.24) is 15.1 Å². The van der Waals surface area contributed by atoms with Gasteiger partial charge in [-0.2, -0.15) is 5.10 Å². The number of hydrogen-bond donors (Lipinski definition) is 2. The van der Waals surface area contributed by atoms with Crippen LogP contribution in [0.4, 0.5) is 5.69 Å². The van der Waals surface area contributed by atoms with Crippen molar-refractivity contribution < 1.29 is 8.42 Å². The molecule has 0 bridgehead atoms. The van der Waals surface area contributed by atoms with E-state index in [1.807, 2.05) is 11.6 Å². The highest BCUT2D eigenvalue weighted by atomic mass is 32.2. The Hall–Kier alpha value is -1.08. The van der Waals surface area contributed by atoms with Gasteiger partial charge in [0.1, 0.15) is 0 Å². The Morgan fingerprint density at radius 2 is 2.21 bits per heavy atom. The topological polar surface area (TPSA) is 76.0 Å². The molecule has 108 valence electrons. The molecule has 19 heavy (non-hydrogen) atoms. The van der Waals surface area contributed by atoms with Gasteiger partial charge in [-0.05, 0) is 32.4 Å². The Kier molecular flexibility index (Phi) is 4.81. The predicted octanol–water partition coefficient (Wildman–Crippen LogP) is 1.35. The first kappa shape index (κ1) is 14.3. The Balaban J connectivity index is 1.96. The van der Waals surface area contributed by atoms with E-state index >= 15 is 0 Å². The molecule has 0 amide bonds. The fraction of sp³-hybridized carbons (Fsp3) is 0.750. The van der Waals surface area contributed by atoms with Crippen LogP contribution in [0.15, 0.2) is 12.4 Å². The molecule has 7 heteroatoms. The van der Waals surface area contributed by atoms with Crippen LogP contribution in [-0.4, -0.2) is 37.0 Å². The Labute approximate surface area is 114 Å². The lowest BCUT2D eigenvalue weighted by Gasteiger charge is -2.22. The monoisotopic (exact) mass is 286 g/mol. The van der Waals surface area contributed by atoms with Gasteiger partial charge in [-0.1, -0.05) is 13.3 Å². The molecule has 1 aliphatic rings. The Bertz CT molecular complexity index is 492. The molecule has 2 rings (SSSR count). The maximum atomic E-state index is 11.8. The lowest BCUT2D eigenvalue weighted by atomic mass is 10.1. The zero-order valence-electron chi connectivity index (χ0n) is 11.3. The third-order valence-electron chi connectivity index (χ3n) is 3.32. The van der Waals surface area contributed by atoms with E-state index in [-0.39, 0.29) is 5.75 Å². The number of nitrogens with zero attached hydrogens (tertiary/aromatic N) is 2. The van der Waals surface area contributed by atoms with Gasteiger partial charge < -0.3 is 5.32 Å². The molecule has 1 fully saturated rings. The summed E-state index contributed by atoms with van der Waals surface area (Å²) in [6.07, 6.45) is 6.99. The summed E-state index contributed by atoms with van der Waals surface area (Å²) in [7, 11) is -3.23. The first-order chi connectivity index (χ1) is 9.11. The second-order valence-corrected chi connectivity index (χ2v) is 6.81. The molecule has 1 aromatic rings. The van der Waals surface area contributed by atoms with Crippen molar-refractivity contribution in [1.29, 1.82) is 0 Å². The average Bonchev–Trinajstić information content (AvgIpc) is 2.85. The summed E-state index contributed by atoms with van der Waals surface area (Å²) in [5.41, 5.74) is 0.564. The quantitative estimate of drug-likeness (QED) is 0.827. The lowest BCUT2D eigenvalue weighted by Crippen LogP contribution is -2.29. The van der Waals surface area contributed by atoms with Gasteiger partial charge in [-0.15, -0.1) is 0 Å². The maximum absolute atomic E-state index is 11.8. The van der Waals surface area contributed by atoms with Crippen LogP contribution in [0.1, 0.15) is 38.6 Å². The van der Waals surface area contributed by atoms with Crippen LogP contribution in [-0.2, 0) is 10.0 Å². The van der Waals surface area contributed by atoms with Crippen LogP contribution in [0.5, 0.6) is 0 Å².